The second-order valence-electron chi connectivity index (χ2n) is 7.41. The quantitative estimate of drug-likeness (QED) is 0.235. The molecule has 2 aromatic rings. The first-order valence-electron chi connectivity index (χ1n) is 13.7. The van der Waals surface area contributed by atoms with Gasteiger partial charge in [-0.2, -0.15) is 0 Å². The molecule has 0 saturated heterocycles. The Hall–Kier alpha value is -3.46. The van der Waals surface area contributed by atoms with Gasteiger partial charge in [0.15, 0.2) is 0 Å². The predicted octanol–water partition coefficient (Wildman–Crippen LogP) is 6.36. The van der Waals surface area contributed by atoms with Crippen LogP contribution in [-0.4, -0.2) is 61.8 Å². The zero-order valence-corrected chi connectivity index (χ0v) is 26.2. The zero-order chi connectivity index (χ0) is 30.5. The number of nitrogens with zero attached hydrogens (tertiary/aromatic N) is 4. The lowest BCUT2D eigenvalue weighted by Gasteiger charge is -2.11. The first-order chi connectivity index (χ1) is 18.9. The maximum absolute atomic E-state index is 9.96. The van der Waals surface area contributed by atoms with E-state index in [1.54, 1.807) is 18.3 Å². The smallest absolute Gasteiger partial charge is 0.213 e. The van der Waals surface area contributed by atoms with E-state index in [0.717, 1.165) is 24.3 Å². The fourth-order valence-electron chi connectivity index (χ4n) is 2.84. The van der Waals surface area contributed by atoms with Crippen molar-refractivity contribution >= 4 is 17.8 Å². The summed E-state index contributed by atoms with van der Waals surface area (Å²) in [5, 5.41) is 2.46. The van der Waals surface area contributed by atoms with Crippen molar-refractivity contribution in [3.05, 3.63) is 54.1 Å². The van der Waals surface area contributed by atoms with E-state index in [1.165, 1.54) is 38.1 Å². The number of carbonyl (C=O) groups excluding carboxylic acids is 1. The van der Waals surface area contributed by atoms with Gasteiger partial charge in [-0.1, -0.05) is 41.0 Å². The minimum atomic E-state index is 0.529. The van der Waals surface area contributed by atoms with E-state index < -0.39 is 0 Å². The number of amides is 1. The van der Waals surface area contributed by atoms with Crippen LogP contribution in [-0.2, 0) is 11.3 Å². The number of aromatic nitrogens is 2. The summed E-state index contributed by atoms with van der Waals surface area (Å²) >= 11 is 0. The lowest BCUT2D eigenvalue weighted by Crippen LogP contribution is -2.08. The molecule has 9 heteroatoms. The summed E-state index contributed by atoms with van der Waals surface area (Å²) in [6, 6.07) is 7.23. The molecule has 2 heterocycles. The van der Waals surface area contributed by atoms with Crippen LogP contribution in [0.2, 0.25) is 0 Å². The number of unbranched alkanes of at least 4 members (excludes halogenated alkanes) is 1. The molecule has 2 aromatic heterocycles. The van der Waals surface area contributed by atoms with Crippen LogP contribution >= 0.6 is 0 Å². The standard InChI is InChI=1S/C18H29N3O.C7H8N2O2.2C2H6.CH5N/c1-6-8-9-18(15(3)14-21(4)5)20-13-16-12-17(22-7-2)10-11-19-16;1-11-7-3-2-6(4-8-7)9-5-10;3*1-2/h10-12,14H,6-9,13H2,1-5H3;2-5H,1H3,(H,9,10);2*1-2H3;2H2,1H3/b15-14+,20-18?;;;;. The van der Waals surface area contributed by atoms with Crippen molar-refractivity contribution in [3.63, 3.8) is 0 Å². The molecule has 0 aliphatic rings. The van der Waals surface area contributed by atoms with Crippen molar-refractivity contribution in [2.45, 2.75) is 74.3 Å². The van der Waals surface area contributed by atoms with E-state index in [-0.39, 0.29) is 0 Å². The summed E-state index contributed by atoms with van der Waals surface area (Å²) in [4.78, 5) is 25.1. The highest BCUT2D eigenvalue weighted by Crippen LogP contribution is 2.14. The molecule has 222 valence electrons. The predicted molar refractivity (Wildman–Crippen MR) is 167 cm³/mol. The molecule has 0 bridgehead atoms. The lowest BCUT2D eigenvalue weighted by molar-refractivity contribution is -0.105. The zero-order valence-electron chi connectivity index (χ0n) is 26.2. The second-order valence-corrected chi connectivity index (χ2v) is 7.41. The average molecular weight is 547 g/mol. The fourth-order valence-corrected chi connectivity index (χ4v) is 2.84. The normalized spacial score (nSPS) is 9.95. The average Bonchev–Trinajstić information content (AvgIpc) is 2.97. The second kappa shape index (κ2) is 29.1. The Labute approximate surface area is 237 Å². The Bertz CT molecular complexity index is 885. The number of aliphatic imine (C=N–C) groups is 1. The van der Waals surface area contributed by atoms with Crippen LogP contribution in [0.15, 0.2) is 53.4 Å². The van der Waals surface area contributed by atoms with Crippen LogP contribution in [0.3, 0.4) is 0 Å². The van der Waals surface area contributed by atoms with Gasteiger partial charge in [-0.3, -0.25) is 14.8 Å². The molecular formula is C30H54N6O3. The van der Waals surface area contributed by atoms with E-state index in [9.17, 15) is 4.79 Å². The fraction of sp³-hybridized carbons (Fsp3) is 0.533. The van der Waals surface area contributed by atoms with Crippen molar-refractivity contribution in [1.82, 2.24) is 14.9 Å². The molecule has 0 fully saturated rings. The molecule has 0 aliphatic heterocycles. The van der Waals surface area contributed by atoms with Crippen molar-refractivity contribution in [3.8, 4) is 11.6 Å². The molecule has 0 radical (unpaired) electrons. The number of anilines is 1. The van der Waals surface area contributed by atoms with Crippen molar-refractivity contribution in [2.24, 2.45) is 10.7 Å². The van der Waals surface area contributed by atoms with E-state index in [1.807, 2.05) is 60.8 Å². The number of carbonyl (C=O) groups is 1. The van der Waals surface area contributed by atoms with Crippen LogP contribution in [0.4, 0.5) is 5.69 Å². The first kappa shape index (κ1) is 40.0. The molecule has 0 aliphatic carbocycles. The molecule has 2 rings (SSSR count). The monoisotopic (exact) mass is 546 g/mol. The summed E-state index contributed by atoms with van der Waals surface area (Å²) in [6.07, 6.45) is 9.37. The topological polar surface area (TPSA) is 115 Å². The molecule has 0 saturated carbocycles. The number of ether oxygens (including phenoxy) is 2. The number of rotatable bonds is 12. The van der Waals surface area contributed by atoms with Crippen LogP contribution in [0, 0.1) is 0 Å². The molecule has 0 atom stereocenters. The third kappa shape index (κ3) is 21.2. The highest BCUT2D eigenvalue weighted by molar-refractivity contribution is 5.99. The number of methoxy groups -OCH3 is 1. The van der Waals surface area contributed by atoms with E-state index in [2.05, 4.69) is 46.0 Å². The van der Waals surface area contributed by atoms with Crippen LogP contribution in [0.1, 0.15) is 73.4 Å². The van der Waals surface area contributed by atoms with Gasteiger partial charge in [-0.05, 0) is 51.4 Å². The maximum Gasteiger partial charge on any atom is 0.213 e. The van der Waals surface area contributed by atoms with Crippen LogP contribution in [0.5, 0.6) is 11.6 Å². The Morgan fingerprint density at radius 2 is 1.77 bits per heavy atom. The summed E-state index contributed by atoms with van der Waals surface area (Å²) < 4.78 is 10.3. The van der Waals surface area contributed by atoms with Crippen LogP contribution < -0.4 is 20.5 Å². The Balaban J connectivity index is -0.000000637. The summed E-state index contributed by atoms with van der Waals surface area (Å²) in [5.74, 6) is 1.39. The van der Waals surface area contributed by atoms with Gasteiger partial charge in [0.05, 0.1) is 37.8 Å². The molecule has 9 nitrogen and oxygen atoms in total. The molecular weight excluding hydrogens is 492 g/mol. The Kier molecular flexibility index (Phi) is 29.9. The SMILES string of the molecule is CC.CC.CCCCC(=NCc1cc(OCC)ccn1)/C(C)=C/N(C)C.CN.COc1ccc(NC=O)cn1. The van der Waals surface area contributed by atoms with Gasteiger partial charge in [-0.25, -0.2) is 4.98 Å². The van der Waals surface area contributed by atoms with Gasteiger partial charge in [0.2, 0.25) is 12.3 Å². The number of allylic oxidation sites excluding steroid dienone is 1. The molecule has 0 spiro atoms. The highest BCUT2D eigenvalue weighted by atomic mass is 16.5. The molecule has 0 unspecified atom stereocenters. The minimum Gasteiger partial charge on any atom is -0.494 e. The van der Waals surface area contributed by atoms with Gasteiger partial charge in [0.1, 0.15) is 5.75 Å². The van der Waals surface area contributed by atoms with Gasteiger partial charge in [0.25, 0.3) is 0 Å². The highest BCUT2D eigenvalue weighted by Gasteiger charge is 2.04. The van der Waals surface area contributed by atoms with Gasteiger partial charge in [0, 0.05) is 44.3 Å². The Morgan fingerprint density at radius 1 is 1.10 bits per heavy atom. The largest absolute Gasteiger partial charge is 0.494 e. The third-order valence-electron chi connectivity index (χ3n) is 4.38. The van der Waals surface area contributed by atoms with Crippen molar-refractivity contribution < 1.29 is 14.3 Å². The maximum atomic E-state index is 9.96. The Morgan fingerprint density at radius 3 is 2.26 bits per heavy atom. The summed E-state index contributed by atoms with van der Waals surface area (Å²) in [6.45, 7) is 15.6. The number of hydrogen-bond donors (Lipinski definition) is 2. The van der Waals surface area contributed by atoms with Gasteiger partial charge >= 0.3 is 0 Å². The van der Waals surface area contributed by atoms with Gasteiger partial charge < -0.3 is 25.4 Å². The van der Waals surface area contributed by atoms with Crippen LogP contribution in [0.25, 0.3) is 0 Å². The van der Waals surface area contributed by atoms with E-state index in [0.29, 0.717) is 31.1 Å². The molecule has 1 amide bonds. The summed E-state index contributed by atoms with van der Waals surface area (Å²) in [5.41, 5.74) is 8.48. The van der Waals surface area contributed by atoms with E-state index in [4.69, 9.17) is 14.5 Å². The van der Waals surface area contributed by atoms with Crippen molar-refractivity contribution in [2.75, 3.05) is 40.2 Å². The minimum absolute atomic E-state index is 0.529. The number of hydrogen-bond acceptors (Lipinski definition) is 8. The van der Waals surface area contributed by atoms with E-state index >= 15 is 0 Å². The van der Waals surface area contributed by atoms with Crippen molar-refractivity contribution in [1.29, 1.82) is 0 Å². The number of nitrogens with two attached hydrogens (primary N) is 1. The molecule has 3 N–H and O–H groups in total. The first-order valence-corrected chi connectivity index (χ1v) is 13.7. The summed E-state index contributed by atoms with van der Waals surface area (Å²) in [7, 11) is 7.11. The third-order valence-corrected chi connectivity index (χ3v) is 4.38. The number of nitrogens with one attached hydrogen (secondary N) is 1. The van der Waals surface area contributed by atoms with Gasteiger partial charge in [-0.15, -0.1) is 0 Å². The number of pyridine rings is 2. The molecule has 39 heavy (non-hydrogen) atoms. The lowest BCUT2D eigenvalue weighted by atomic mass is 10.1. The molecule has 0 aromatic carbocycles.